The number of rotatable bonds is 4. The standard InChI is InChI=1S/C21H24N6O/c1-2-3-12-27-19-18(24-21(27)26-11-4-5-17(22)15-26)8-13-25(20(19)28)14-16-6-9-23-10-7-16/h6-10,13,17H,4-5,11-12,14-15,22H2,1H3. The molecule has 1 saturated heterocycles. The van der Waals surface area contributed by atoms with Gasteiger partial charge in [-0.1, -0.05) is 5.92 Å². The van der Waals surface area contributed by atoms with Crippen LogP contribution in [0.4, 0.5) is 5.95 Å². The second kappa shape index (κ2) is 7.87. The highest BCUT2D eigenvalue weighted by molar-refractivity contribution is 5.78. The van der Waals surface area contributed by atoms with Crippen LogP contribution in [0.5, 0.6) is 0 Å². The van der Waals surface area contributed by atoms with Gasteiger partial charge in [0.15, 0.2) is 0 Å². The number of imidazole rings is 1. The number of hydrogen-bond donors (Lipinski definition) is 1. The Bertz CT molecular complexity index is 1090. The lowest BCUT2D eigenvalue weighted by atomic mass is 10.1. The molecule has 0 radical (unpaired) electrons. The number of pyridine rings is 2. The summed E-state index contributed by atoms with van der Waals surface area (Å²) >= 11 is 0. The molecular weight excluding hydrogens is 352 g/mol. The predicted octanol–water partition coefficient (Wildman–Crippen LogP) is 1.59. The molecule has 1 unspecified atom stereocenters. The number of hydrogen-bond acceptors (Lipinski definition) is 5. The minimum atomic E-state index is -0.0627. The molecule has 0 spiro atoms. The summed E-state index contributed by atoms with van der Waals surface area (Å²) in [5.74, 6) is 6.80. The lowest BCUT2D eigenvalue weighted by Gasteiger charge is -2.31. The molecular formula is C21H24N6O. The molecule has 7 heteroatoms. The Kier molecular flexibility index (Phi) is 5.13. The van der Waals surface area contributed by atoms with E-state index in [-0.39, 0.29) is 11.6 Å². The minimum Gasteiger partial charge on any atom is -0.341 e. The van der Waals surface area contributed by atoms with Crippen molar-refractivity contribution in [2.45, 2.75) is 38.9 Å². The molecule has 2 N–H and O–H groups in total. The van der Waals surface area contributed by atoms with Crippen LogP contribution in [0.2, 0.25) is 0 Å². The van der Waals surface area contributed by atoms with Crippen LogP contribution in [0.3, 0.4) is 0 Å². The average molecular weight is 376 g/mol. The molecule has 0 saturated carbocycles. The van der Waals surface area contributed by atoms with E-state index in [2.05, 4.69) is 21.7 Å². The third-order valence-electron chi connectivity index (χ3n) is 5.11. The Balaban J connectivity index is 1.81. The fraction of sp³-hybridized carbons (Fsp3) is 0.381. The largest absolute Gasteiger partial charge is 0.341 e. The summed E-state index contributed by atoms with van der Waals surface area (Å²) in [4.78, 5) is 24.3. The fourth-order valence-corrected chi connectivity index (χ4v) is 3.72. The maximum atomic E-state index is 13.3. The van der Waals surface area contributed by atoms with Gasteiger partial charge >= 0.3 is 0 Å². The van der Waals surface area contributed by atoms with Crippen molar-refractivity contribution in [1.29, 1.82) is 0 Å². The number of anilines is 1. The van der Waals surface area contributed by atoms with Crippen LogP contribution in [-0.2, 0) is 13.1 Å². The van der Waals surface area contributed by atoms with E-state index in [0.717, 1.165) is 37.4 Å². The third-order valence-corrected chi connectivity index (χ3v) is 5.11. The summed E-state index contributed by atoms with van der Waals surface area (Å²) in [5, 5.41) is 0. The first-order valence-electron chi connectivity index (χ1n) is 9.56. The first-order valence-corrected chi connectivity index (χ1v) is 9.56. The zero-order valence-corrected chi connectivity index (χ0v) is 16.0. The second-order valence-corrected chi connectivity index (χ2v) is 7.11. The van der Waals surface area contributed by atoms with Crippen molar-refractivity contribution in [3.05, 3.63) is 52.7 Å². The van der Waals surface area contributed by atoms with E-state index in [9.17, 15) is 4.79 Å². The van der Waals surface area contributed by atoms with Gasteiger partial charge in [-0.2, -0.15) is 0 Å². The van der Waals surface area contributed by atoms with Gasteiger partial charge in [-0.05, 0) is 43.5 Å². The topological polar surface area (TPSA) is 82.0 Å². The van der Waals surface area contributed by atoms with E-state index >= 15 is 0 Å². The SMILES string of the molecule is CC#CCn1c(N2CCCC(N)C2)nc2ccn(Cc3ccncc3)c(=O)c21. The molecule has 0 aromatic carbocycles. The fourth-order valence-electron chi connectivity index (χ4n) is 3.72. The summed E-state index contributed by atoms with van der Waals surface area (Å²) in [6, 6.07) is 5.86. The number of nitrogens with two attached hydrogens (primary N) is 1. The minimum absolute atomic E-state index is 0.0627. The van der Waals surface area contributed by atoms with Gasteiger partial charge in [0.05, 0.1) is 18.6 Å². The van der Waals surface area contributed by atoms with Crippen molar-refractivity contribution in [2.24, 2.45) is 5.73 Å². The summed E-state index contributed by atoms with van der Waals surface area (Å²) in [6.45, 7) is 4.36. The van der Waals surface area contributed by atoms with E-state index in [1.807, 2.05) is 22.8 Å². The van der Waals surface area contributed by atoms with Gasteiger partial charge in [0.25, 0.3) is 5.56 Å². The molecule has 4 rings (SSSR count). The van der Waals surface area contributed by atoms with Crippen LogP contribution in [0.1, 0.15) is 25.3 Å². The first-order chi connectivity index (χ1) is 13.7. The number of piperidine rings is 1. The van der Waals surface area contributed by atoms with Gasteiger partial charge in [-0.3, -0.25) is 14.3 Å². The van der Waals surface area contributed by atoms with Crippen molar-refractivity contribution >= 4 is 17.0 Å². The van der Waals surface area contributed by atoms with E-state index < -0.39 is 0 Å². The van der Waals surface area contributed by atoms with Gasteiger partial charge in [0, 0.05) is 37.7 Å². The quantitative estimate of drug-likeness (QED) is 0.700. The van der Waals surface area contributed by atoms with Crippen LogP contribution >= 0.6 is 0 Å². The van der Waals surface area contributed by atoms with Gasteiger partial charge in [0.1, 0.15) is 5.52 Å². The Labute approximate surface area is 163 Å². The second-order valence-electron chi connectivity index (χ2n) is 7.11. The molecule has 1 fully saturated rings. The number of aromatic nitrogens is 4. The molecule has 0 aliphatic carbocycles. The van der Waals surface area contributed by atoms with Crippen LogP contribution in [0, 0.1) is 11.8 Å². The molecule has 3 aromatic heterocycles. The van der Waals surface area contributed by atoms with Gasteiger partial charge in [0.2, 0.25) is 5.95 Å². The van der Waals surface area contributed by atoms with Crippen molar-refractivity contribution in [3.8, 4) is 11.8 Å². The third kappa shape index (κ3) is 3.51. The molecule has 0 bridgehead atoms. The van der Waals surface area contributed by atoms with Crippen molar-refractivity contribution in [2.75, 3.05) is 18.0 Å². The maximum Gasteiger partial charge on any atom is 0.277 e. The Morgan fingerprint density at radius 3 is 2.86 bits per heavy atom. The first kappa shape index (κ1) is 18.3. The van der Waals surface area contributed by atoms with E-state index in [1.54, 1.807) is 30.1 Å². The smallest absolute Gasteiger partial charge is 0.277 e. The summed E-state index contributed by atoms with van der Waals surface area (Å²) in [6.07, 6.45) is 7.31. The monoisotopic (exact) mass is 376 g/mol. The van der Waals surface area contributed by atoms with Crippen LogP contribution in [0.25, 0.3) is 11.0 Å². The van der Waals surface area contributed by atoms with Gasteiger partial charge in [-0.25, -0.2) is 4.98 Å². The van der Waals surface area contributed by atoms with E-state index in [1.165, 1.54) is 0 Å². The molecule has 1 atom stereocenters. The van der Waals surface area contributed by atoms with Crippen LogP contribution < -0.4 is 16.2 Å². The molecule has 3 aromatic rings. The molecule has 1 aliphatic heterocycles. The molecule has 144 valence electrons. The lowest BCUT2D eigenvalue weighted by Crippen LogP contribution is -2.44. The lowest BCUT2D eigenvalue weighted by molar-refractivity contribution is 0.496. The van der Waals surface area contributed by atoms with E-state index in [0.29, 0.717) is 24.1 Å². The molecule has 1 aliphatic rings. The predicted molar refractivity (Wildman–Crippen MR) is 110 cm³/mol. The Morgan fingerprint density at radius 1 is 1.29 bits per heavy atom. The average Bonchev–Trinajstić information content (AvgIpc) is 3.08. The van der Waals surface area contributed by atoms with Crippen molar-refractivity contribution < 1.29 is 0 Å². The highest BCUT2D eigenvalue weighted by atomic mass is 16.1. The Morgan fingerprint density at radius 2 is 2.11 bits per heavy atom. The van der Waals surface area contributed by atoms with Crippen molar-refractivity contribution in [3.63, 3.8) is 0 Å². The molecule has 28 heavy (non-hydrogen) atoms. The normalized spacial score (nSPS) is 16.8. The van der Waals surface area contributed by atoms with E-state index in [4.69, 9.17) is 10.7 Å². The van der Waals surface area contributed by atoms with Gasteiger partial charge in [-0.15, -0.1) is 5.92 Å². The van der Waals surface area contributed by atoms with Crippen molar-refractivity contribution in [1.82, 2.24) is 19.1 Å². The van der Waals surface area contributed by atoms with Crippen LogP contribution in [0.15, 0.2) is 41.6 Å². The Hall–Kier alpha value is -3.11. The van der Waals surface area contributed by atoms with Gasteiger partial charge < -0.3 is 15.2 Å². The zero-order valence-electron chi connectivity index (χ0n) is 16.0. The summed E-state index contributed by atoms with van der Waals surface area (Å²) < 4.78 is 3.65. The number of fused-ring (bicyclic) bond motifs is 1. The highest BCUT2D eigenvalue weighted by Gasteiger charge is 2.23. The maximum absolute atomic E-state index is 13.3. The molecule has 4 heterocycles. The number of nitrogens with zero attached hydrogens (tertiary/aromatic N) is 5. The molecule has 7 nitrogen and oxygen atoms in total. The zero-order chi connectivity index (χ0) is 19.5. The summed E-state index contributed by atoms with van der Waals surface area (Å²) in [5.41, 5.74) is 8.42. The molecule has 0 amide bonds. The van der Waals surface area contributed by atoms with Crippen LogP contribution in [-0.4, -0.2) is 38.2 Å². The highest BCUT2D eigenvalue weighted by Crippen LogP contribution is 2.23. The summed E-state index contributed by atoms with van der Waals surface area (Å²) in [7, 11) is 0.